The first-order chi connectivity index (χ1) is 25.6. The summed E-state index contributed by atoms with van der Waals surface area (Å²) in [5.74, 6) is -0.284. The summed E-state index contributed by atoms with van der Waals surface area (Å²) in [5, 5.41) is 6.41. The zero-order chi connectivity index (χ0) is 36.8. The van der Waals surface area contributed by atoms with Gasteiger partial charge in [-0.3, -0.25) is 14.6 Å². The molecule has 276 valence electrons. The maximum Gasteiger partial charge on any atom is 0.254 e. The number of benzene rings is 2. The number of hydrogen-bond acceptors (Lipinski definition) is 9. The third-order valence-electron chi connectivity index (χ3n) is 10.6. The van der Waals surface area contributed by atoms with E-state index in [2.05, 4.69) is 40.4 Å². The van der Waals surface area contributed by atoms with Crippen molar-refractivity contribution in [1.29, 1.82) is 0 Å². The maximum absolute atomic E-state index is 15.2. The molecule has 3 aliphatic rings. The van der Waals surface area contributed by atoms with Gasteiger partial charge in [0.05, 0.1) is 11.7 Å². The smallest absolute Gasteiger partial charge is 0.254 e. The minimum Gasteiger partial charge on any atom is -0.330 e. The predicted molar refractivity (Wildman–Crippen MR) is 196 cm³/mol. The zero-order valence-electron chi connectivity index (χ0n) is 30.2. The molecule has 0 aliphatic carbocycles. The van der Waals surface area contributed by atoms with Crippen LogP contribution in [0, 0.1) is 24.4 Å². The summed E-state index contributed by atoms with van der Waals surface area (Å²) in [6.07, 6.45) is 4.87. The van der Waals surface area contributed by atoms with Gasteiger partial charge in [0.15, 0.2) is 11.6 Å². The normalized spacial score (nSPS) is 18.4. The number of nitrogens with zero attached hydrogens (tertiary/aromatic N) is 8. The Labute approximate surface area is 306 Å². The Morgan fingerprint density at radius 2 is 1.72 bits per heavy atom. The molecule has 2 saturated heterocycles. The molecular weight excluding hydrogens is 681 g/mol. The standard InChI is InChI=1S/C39H43F3N10O/c1-23(2)52-24(3)46-37-32(41)14-26(15-34(37)52)36-33(42)19-45-39(48-36)47-35-7-6-25(17-44-35)20-49-9-11-50(12-10-49)21-28-13-27-22-51(29-5-4-8-43-18-29)38(53)30(27)16-31(28)40/h6-7,13-17,19,23,29,43H,4-5,8-12,18,20-22H2,1-3H3,(H,44,45,47,48). The summed E-state index contributed by atoms with van der Waals surface area (Å²) in [4.78, 5) is 36.9. The highest BCUT2D eigenvalue weighted by atomic mass is 19.1. The van der Waals surface area contributed by atoms with Crippen LogP contribution in [0.4, 0.5) is 24.9 Å². The molecule has 3 aromatic heterocycles. The van der Waals surface area contributed by atoms with E-state index in [1.165, 1.54) is 12.1 Å². The molecule has 2 N–H and O–H groups in total. The van der Waals surface area contributed by atoms with Crippen molar-refractivity contribution in [1.82, 2.24) is 44.5 Å². The molecule has 1 amide bonds. The summed E-state index contributed by atoms with van der Waals surface area (Å²) in [6, 6.07) is 10.3. The monoisotopic (exact) mass is 724 g/mol. The van der Waals surface area contributed by atoms with Crippen molar-refractivity contribution >= 4 is 28.7 Å². The Balaban J connectivity index is 0.868. The molecule has 8 rings (SSSR count). The van der Waals surface area contributed by atoms with E-state index in [4.69, 9.17) is 0 Å². The van der Waals surface area contributed by atoms with Crippen molar-refractivity contribution < 1.29 is 18.0 Å². The van der Waals surface area contributed by atoms with Gasteiger partial charge in [-0.05, 0) is 81.6 Å². The van der Waals surface area contributed by atoms with Crippen molar-refractivity contribution in [2.45, 2.75) is 65.3 Å². The Morgan fingerprint density at radius 3 is 2.43 bits per heavy atom. The van der Waals surface area contributed by atoms with Gasteiger partial charge >= 0.3 is 0 Å². The van der Waals surface area contributed by atoms with Gasteiger partial charge in [-0.15, -0.1) is 0 Å². The van der Waals surface area contributed by atoms with Crippen LogP contribution in [0.3, 0.4) is 0 Å². The first kappa shape index (κ1) is 35.1. The van der Waals surface area contributed by atoms with Gasteiger partial charge in [0.2, 0.25) is 5.95 Å². The number of anilines is 2. The summed E-state index contributed by atoms with van der Waals surface area (Å²) < 4.78 is 47.2. The molecule has 0 radical (unpaired) electrons. The Kier molecular flexibility index (Phi) is 9.60. The zero-order valence-corrected chi connectivity index (χ0v) is 30.2. The van der Waals surface area contributed by atoms with Gasteiger partial charge in [0.25, 0.3) is 5.91 Å². The SMILES string of the molecule is Cc1nc2c(F)cc(-c3nc(Nc4ccc(CN5CCN(Cc6cc7c(cc6F)C(=O)N(C6CCCNC6)C7)CC5)cn4)ncc3F)cc2n1C(C)C. The average molecular weight is 725 g/mol. The third-order valence-corrected chi connectivity index (χ3v) is 10.6. The lowest BCUT2D eigenvalue weighted by atomic mass is 10.0. The second-order valence-corrected chi connectivity index (χ2v) is 14.6. The van der Waals surface area contributed by atoms with Crippen molar-refractivity contribution in [3.05, 3.63) is 94.3 Å². The number of imidazole rings is 1. The molecule has 2 fully saturated rings. The predicted octanol–water partition coefficient (Wildman–Crippen LogP) is 5.96. The number of pyridine rings is 1. The number of aryl methyl sites for hydroxylation is 1. The van der Waals surface area contributed by atoms with Crippen molar-refractivity contribution in [3.63, 3.8) is 0 Å². The molecule has 11 nitrogen and oxygen atoms in total. The Bertz CT molecular complexity index is 2160. The van der Waals surface area contributed by atoms with Gasteiger partial charge in [0.1, 0.15) is 28.7 Å². The first-order valence-corrected chi connectivity index (χ1v) is 18.3. The molecule has 0 bridgehead atoms. The molecular formula is C39H43F3N10O. The number of amides is 1. The Hall–Kier alpha value is -4.92. The van der Waals surface area contributed by atoms with Crippen LogP contribution < -0.4 is 10.6 Å². The number of hydrogen-bond donors (Lipinski definition) is 2. The van der Waals surface area contributed by atoms with Gasteiger partial charge < -0.3 is 20.1 Å². The number of halogens is 3. The molecule has 1 atom stereocenters. The fraction of sp³-hybridized carbons (Fsp3) is 0.410. The van der Waals surface area contributed by atoms with Crippen molar-refractivity contribution in [2.24, 2.45) is 0 Å². The van der Waals surface area contributed by atoms with Crippen LogP contribution in [0.25, 0.3) is 22.3 Å². The fourth-order valence-electron chi connectivity index (χ4n) is 7.92. The first-order valence-electron chi connectivity index (χ1n) is 18.3. The van der Waals surface area contributed by atoms with E-state index in [-0.39, 0.29) is 46.5 Å². The lowest BCUT2D eigenvalue weighted by Crippen LogP contribution is -2.46. The molecule has 2 aromatic carbocycles. The maximum atomic E-state index is 15.2. The topological polar surface area (TPSA) is 107 Å². The highest BCUT2D eigenvalue weighted by Crippen LogP contribution is 2.32. The molecule has 14 heteroatoms. The van der Waals surface area contributed by atoms with Crippen LogP contribution in [0.15, 0.2) is 48.8 Å². The van der Waals surface area contributed by atoms with Crippen LogP contribution in [0.1, 0.15) is 65.6 Å². The van der Waals surface area contributed by atoms with E-state index < -0.39 is 11.6 Å². The largest absolute Gasteiger partial charge is 0.330 e. The van der Waals surface area contributed by atoms with Gasteiger partial charge in [-0.2, -0.15) is 0 Å². The summed E-state index contributed by atoms with van der Waals surface area (Å²) in [7, 11) is 0. The summed E-state index contributed by atoms with van der Waals surface area (Å²) in [5.41, 5.74) is 4.16. The van der Waals surface area contributed by atoms with Crippen molar-refractivity contribution in [3.8, 4) is 11.3 Å². The van der Waals surface area contributed by atoms with Gasteiger partial charge in [-0.1, -0.05) is 6.07 Å². The Morgan fingerprint density at radius 1 is 0.925 bits per heavy atom. The van der Waals surface area contributed by atoms with Gasteiger partial charge in [0, 0.05) is 87.3 Å². The lowest BCUT2D eigenvalue weighted by Gasteiger charge is -2.34. The number of fused-ring (bicyclic) bond motifs is 2. The van der Waals surface area contributed by atoms with Crippen LogP contribution in [0.2, 0.25) is 0 Å². The number of piperidine rings is 1. The van der Waals surface area contributed by atoms with E-state index in [0.29, 0.717) is 47.9 Å². The van der Waals surface area contributed by atoms with E-state index in [1.807, 2.05) is 48.4 Å². The second-order valence-electron chi connectivity index (χ2n) is 14.6. The number of carbonyl (C=O) groups is 1. The van der Waals surface area contributed by atoms with Gasteiger partial charge in [-0.25, -0.2) is 33.1 Å². The molecule has 0 saturated carbocycles. The molecule has 0 spiro atoms. The van der Waals surface area contributed by atoms with Crippen LogP contribution in [0.5, 0.6) is 0 Å². The van der Waals surface area contributed by atoms with Crippen LogP contribution in [-0.4, -0.2) is 90.4 Å². The molecule has 5 aromatic rings. The van der Waals surface area contributed by atoms with E-state index in [0.717, 1.165) is 69.4 Å². The number of nitrogens with one attached hydrogen (secondary N) is 2. The number of rotatable bonds is 9. The molecule has 1 unspecified atom stereocenters. The third kappa shape index (κ3) is 7.10. The summed E-state index contributed by atoms with van der Waals surface area (Å²) >= 11 is 0. The van der Waals surface area contributed by atoms with E-state index in [9.17, 15) is 9.18 Å². The fourth-order valence-corrected chi connectivity index (χ4v) is 7.92. The number of piperazine rings is 1. The quantitative estimate of drug-likeness (QED) is 0.190. The number of aromatic nitrogens is 5. The highest BCUT2D eigenvalue weighted by Gasteiger charge is 2.34. The minimum atomic E-state index is -0.668. The molecule has 53 heavy (non-hydrogen) atoms. The van der Waals surface area contributed by atoms with E-state index in [1.54, 1.807) is 12.3 Å². The van der Waals surface area contributed by atoms with E-state index >= 15 is 8.78 Å². The minimum absolute atomic E-state index is 0.0266. The molecule has 3 aliphatic heterocycles. The average Bonchev–Trinajstić information content (AvgIpc) is 3.66. The highest BCUT2D eigenvalue weighted by molar-refractivity contribution is 5.98. The summed E-state index contributed by atoms with van der Waals surface area (Å²) in [6.45, 7) is 12.6. The van der Waals surface area contributed by atoms with Crippen molar-refractivity contribution in [2.75, 3.05) is 44.6 Å². The lowest BCUT2D eigenvalue weighted by molar-refractivity contribution is 0.0674. The second kappa shape index (κ2) is 14.5. The number of carbonyl (C=O) groups excluding carboxylic acids is 1. The van der Waals surface area contributed by atoms with Crippen LogP contribution in [-0.2, 0) is 19.6 Å². The molecule has 6 heterocycles. The van der Waals surface area contributed by atoms with Crippen LogP contribution >= 0.6 is 0 Å².